The minimum atomic E-state index is -2.66. The van der Waals surface area contributed by atoms with Crippen LogP contribution in [0.15, 0.2) is 5.11 Å². The van der Waals surface area contributed by atoms with Gasteiger partial charge in [0.25, 0.3) is 0 Å². The van der Waals surface area contributed by atoms with Gasteiger partial charge in [-0.25, -0.2) is 0 Å². The predicted molar refractivity (Wildman–Crippen MR) is 51.4 cm³/mol. The topological polar surface area (TPSA) is 116 Å². The molecular weight excluding hydrogens is 209 g/mol. The van der Waals surface area contributed by atoms with E-state index in [2.05, 4.69) is 10.0 Å². The fraction of sp³-hybridized carbons (Fsp3) is 1.00. The number of rotatable bonds is 6. The van der Waals surface area contributed by atoms with E-state index < -0.39 is 19.6 Å². The maximum atomic E-state index is 11.1. The molecule has 0 radical (unpaired) electrons. The number of aliphatic hydroxyl groups excluding tert-OH is 2. The molecule has 0 aromatic heterocycles. The Balaban J connectivity index is 3.89. The Labute approximate surface area is 81.8 Å². The second-order valence-corrected chi connectivity index (χ2v) is 5.86. The van der Waals surface area contributed by atoms with Crippen molar-refractivity contribution >= 4 is 7.37 Å². The molecule has 14 heavy (non-hydrogen) atoms. The number of hydrogen-bond acceptors (Lipinski definition) is 5. The van der Waals surface area contributed by atoms with Gasteiger partial charge in [0, 0.05) is 18.2 Å². The number of hydrogen-bond donors (Lipinski definition) is 2. The van der Waals surface area contributed by atoms with Gasteiger partial charge in [0.05, 0.1) is 19.3 Å². The van der Waals surface area contributed by atoms with Crippen molar-refractivity contribution in [3.05, 3.63) is 10.4 Å². The molecule has 0 aliphatic carbocycles. The number of azide groups is 1. The van der Waals surface area contributed by atoms with E-state index in [9.17, 15) is 9.67 Å². The third-order valence-electron chi connectivity index (χ3n) is 1.33. The van der Waals surface area contributed by atoms with E-state index in [4.69, 9.17) is 15.2 Å². The summed E-state index contributed by atoms with van der Waals surface area (Å²) in [4.78, 5) is 2.43. The van der Waals surface area contributed by atoms with Crippen molar-refractivity contribution in [2.75, 3.05) is 26.5 Å². The summed E-state index contributed by atoms with van der Waals surface area (Å²) in [7, 11) is -2.66. The summed E-state index contributed by atoms with van der Waals surface area (Å²) in [5.41, 5.74) is 7.95. The van der Waals surface area contributed by atoms with Crippen molar-refractivity contribution in [2.24, 2.45) is 5.11 Å². The van der Waals surface area contributed by atoms with Crippen LogP contribution in [0.25, 0.3) is 10.4 Å². The van der Waals surface area contributed by atoms with Crippen molar-refractivity contribution in [2.45, 2.75) is 12.2 Å². The molecule has 0 aliphatic rings. The molecule has 0 rings (SSSR count). The first-order valence-corrected chi connectivity index (χ1v) is 6.45. The normalized spacial score (nSPS) is 15.7. The Morgan fingerprint density at radius 3 is 2.50 bits per heavy atom. The Morgan fingerprint density at radius 1 is 1.50 bits per heavy atom. The summed E-state index contributed by atoms with van der Waals surface area (Å²) in [6, 6.07) is 0. The van der Waals surface area contributed by atoms with Crippen molar-refractivity contribution in [3.8, 4) is 0 Å². The Morgan fingerprint density at radius 2 is 2.07 bits per heavy atom. The lowest BCUT2D eigenvalue weighted by Gasteiger charge is -2.17. The number of aliphatic hydroxyl groups is 2. The SMILES string of the molecule is CP(C)(=O)OC[C@H](O)[C@@H](O)CN=[N+]=[N-]. The van der Waals surface area contributed by atoms with Gasteiger partial charge in [0.1, 0.15) is 6.10 Å². The zero-order chi connectivity index (χ0) is 11.2. The van der Waals surface area contributed by atoms with Crippen LogP contribution in [0, 0.1) is 0 Å². The van der Waals surface area contributed by atoms with E-state index in [0.717, 1.165) is 0 Å². The van der Waals surface area contributed by atoms with E-state index >= 15 is 0 Å². The van der Waals surface area contributed by atoms with E-state index in [1.807, 2.05) is 0 Å². The first-order chi connectivity index (χ1) is 6.37. The third-order valence-corrected chi connectivity index (χ3v) is 2.10. The lowest BCUT2D eigenvalue weighted by atomic mass is 10.2. The summed E-state index contributed by atoms with van der Waals surface area (Å²) in [6.45, 7) is 2.32. The van der Waals surface area contributed by atoms with Crippen LogP contribution in [0.4, 0.5) is 0 Å². The molecule has 0 amide bonds. The van der Waals surface area contributed by atoms with E-state index in [1.54, 1.807) is 0 Å². The molecule has 8 heteroatoms. The first kappa shape index (κ1) is 13.4. The zero-order valence-electron chi connectivity index (χ0n) is 8.07. The van der Waals surface area contributed by atoms with Crippen LogP contribution in [0.5, 0.6) is 0 Å². The molecule has 0 aliphatic heterocycles. The van der Waals surface area contributed by atoms with Gasteiger partial charge in [0.15, 0.2) is 7.37 Å². The maximum absolute atomic E-state index is 11.1. The van der Waals surface area contributed by atoms with Crippen LogP contribution >= 0.6 is 7.37 Å². The van der Waals surface area contributed by atoms with Gasteiger partial charge in [0.2, 0.25) is 0 Å². The monoisotopic (exact) mass is 223 g/mol. The number of nitrogens with zero attached hydrogens (tertiary/aromatic N) is 3. The van der Waals surface area contributed by atoms with Crippen molar-refractivity contribution in [3.63, 3.8) is 0 Å². The summed E-state index contributed by atoms with van der Waals surface area (Å²) >= 11 is 0. The molecule has 0 saturated heterocycles. The lowest BCUT2D eigenvalue weighted by molar-refractivity contribution is -0.00159. The maximum Gasteiger partial charge on any atom is 0.197 e. The van der Waals surface area contributed by atoms with Gasteiger partial charge >= 0.3 is 0 Å². The molecule has 0 bridgehead atoms. The van der Waals surface area contributed by atoms with Crippen molar-refractivity contribution in [1.29, 1.82) is 0 Å². The average Bonchev–Trinajstić information content (AvgIpc) is 2.09. The molecular formula is C6H14N3O4P. The smallest absolute Gasteiger partial charge is 0.197 e. The van der Waals surface area contributed by atoms with Crippen LogP contribution in [0.2, 0.25) is 0 Å². The predicted octanol–water partition coefficient (Wildman–Crippen LogP) is 0.573. The molecule has 82 valence electrons. The second kappa shape index (κ2) is 6.01. The molecule has 2 N–H and O–H groups in total. The Hall–Kier alpha value is -0.580. The van der Waals surface area contributed by atoms with E-state index in [1.165, 1.54) is 13.3 Å². The molecule has 0 unspecified atom stereocenters. The van der Waals surface area contributed by atoms with Gasteiger partial charge in [-0.05, 0) is 5.53 Å². The van der Waals surface area contributed by atoms with Crippen LogP contribution in [0.1, 0.15) is 0 Å². The molecule has 2 atom stereocenters. The molecule has 7 nitrogen and oxygen atoms in total. The Kier molecular flexibility index (Phi) is 5.76. The van der Waals surface area contributed by atoms with Gasteiger partial charge < -0.3 is 14.7 Å². The van der Waals surface area contributed by atoms with E-state index in [0.29, 0.717) is 0 Å². The van der Waals surface area contributed by atoms with Gasteiger partial charge in [-0.1, -0.05) is 5.11 Å². The highest BCUT2D eigenvalue weighted by Crippen LogP contribution is 2.37. The molecule has 0 fully saturated rings. The fourth-order valence-electron chi connectivity index (χ4n) is 0.609. The van der Waals surface area contributed by atoms with Crippen LogP contribution in [-0.2, 0) is 9.09 Å². The second-order valence-electron chi connectivity index (χ2n) is 3.10. The van der Waals surface area contributed by atoms with Crippen molar-refractivity contribution in [1.82, 2.24) is 0 Å². The van der Waals surface area contributed by atoms with E-state index in [-0.39, 0.29) is 13.2 Å². The molecule has 0 spiro atoms. The molecule has 0 aromatic rings. The van der Waals surface area contributed by atoms with Crippen molar-refractivity contribution < 1.29 is 19.3 Å². The summed E-state index contributed by atoms with van der Waals surface area (Å²) < 4.78 is 15.9. The molecule has 0 aromatic carbocycles. The molecule has 0 heterocycles. The highest BCUT2D eigenvalue weighted by molar-refractivity contribution is 7.57. The van der Waals surface area contributed by atoms with Crippen LogP contribution in [-0.4, -0.2) is 48.9 Å². The average molecular weight is 223 g/mol. The molecule has 0 saturated carbocycles. The highest BCUT2D eigenvalue weighted by Gasteiger charge is 2.18. The minimum Gasteiger partial charge on any atom is -0.390 e. The Bertz CT molecular complexity index is 260. The standard InChI is InChI=1S/C6H14N3O4P/c1-14(2,12)13-4-6(11)5(10)3-8-9-7/h5-6,10-11H,3-4H2,1-2H3/t5-,6-/m0/s1. The van der Waals surface area contributed by atoms with Gasteiger partial charge in [-0.2, -0.15) is 0 Å². The fourth-order valence-corrected chi connectivity index (χ4v) is 1.12. The quantitative estimate of drug-likeness (QED) is 0.296. The third kappa shape index (κ3) is 6.88. The van der Waals surface area contributed by atoms with Gasteiger partial charge in [-0.15, -0.1) is 0 Å². The highest BCUT2D eigenvalue weighted by atomic mass is 31.2. The summed E-state index contributed by atoms with van der Waals surface area (Å²) in [6.07, 6.45) is -2.40. The minimum absolute atomic E-state index is 0.237. The first-order valence-electron chi connectivity index (χ1n) is 3.93. The summed E-state index contributed by atoms with van der Waals surface area (Å²) in [5.74, 6) is 0. The summed E-state index contributed by atoms with van der Waals surface area (Å²) in [5, 5.41) is 21.5. The van der Waals surface area contributed by atoms with Crippen LogP contribution < -0.4 is 0 Å². The largest absolute Gasteiger partial charge is 0.390 e. The van der Waals surface area contributed by atoms with Gasteiger partial charge in [-0.3, -0.25) is 4.57 Å². The zero-order valence-corrected chi connectivity index (χ0v) is 8.96. The van der Waals surface area contributed by atoms with Crippen LogP contribution in [0.3, 0.4) is 0 Å². The lowest BCUT2D eigenvalue weighted by Crippen LogP contribution is -2.32.